The molecule has 2 aliphatic heterocycles. The number of benzene rings is 2. The van der Waals surface area contributed by atoms with Crippen LogP contribution in [0.1, 0.15) is 36.6 Å². The molecule has 1 aliphatic carbocycles. The first kappa shape index (κ1) is 30.8. The Morgan fingerprint density at radius 1 is 1.22 bits per heavy atom. The van der Waals surface area contributed by atoms with Crippen LogP contribution in [0.2, 0.25) is 0 Å². The van der Waals surface area contributed by atoms with E-state index >= 15 is 0 Å². The first-order valence-corrected chi connectivity index (χ1v) is 15.9. The number of aryl methyl sites for hydroxylation is 1. The van der Waals surface area contributed by atoms with Gasteiger partial charge in [-0.3, -0.25) is 9.69 Å². The number of likely N-dealkylation sites (N-methyl/N-ethyl adjacent to an activating group) is 1. The normalized spacial score (nSPS) is 19.6. The lowest BCUT2D eigenvalue weighted by molar-refractivity contribution is -0.128. The summed E-state index contributed by atoms with van der Waals surface area (Å²) in [5.74, 6) is 0.656. The largest absolute Gasteiger partial charge is 0.462 e. The number of ether oxygens (including phenoxy) is 1. The Balaban J connectivity index is 1.31. The molecule has 9 nitrogen and oxygen atoms in total. The summed E-state index contributed by atoms with van der Waals surface area (Å²) >= 11 is 0. The summed E-state index contributed by atoms with van der Waals surface area (Å²) in [6, 6.07) is 12.8. The van der Waals surface area contributed by atoms with E-state index in [1.165, 1.54) is 28.1 Å². The van der Waals surface area contributed by atoms with Gasteiger partial charge in [0.2, 0.25) is 12.5 Å². The van der Waals surface area contributed by atoms with Gasteiger partial charge in [0.15, 0.2) is 0 Å². The van der Waals surface area contributed by atoms with E-state index in [1.54, 1.807) is 4.90 Å². The average Bonchev–Trinajstić information content (AvgIpc) is 3.78. The second-order valence-electron chi connectivity index (χ2n) is 12.8. The van der Waals surface area contributed by atoms with E-state index in [0.717, 1.165) is 30.0 Å². The van der Waals surface area contributed by atoms with Gasteiger partial charge in [0.25, 0.3) is 0 Å². The molecule has 1 saturated carbocycles. The molecule has 1 aromatic heterocycles. The van der Waals surface area contributed by atoms with Gasteiger partial charge in [0, 0.05) is 55.4 Å². The summed E-state index contributed by atoms with van der Waals surface area (Å²) in [6.45, 7) is 19.3. The SMILES string of the molecule is [C-]#[N+]C[C@H]1CN(c2nc(OC[C@H](C)N(C)CC3(F)CC3)nc3c2CCN(c2cccc4cccc(C)c24)C3)CCN1C(=O)C=C. The van der Waals surface area contributed by atoms with Gasteiger partial charge in [0.1, 0.15) is 24.1 Å². The molecule has 236 valence electrons. The fraction of sp³-hybridized carbons (Fsp3) is 0.486. The molecule has 3 heterocycles. The standard InChI is InChI=1S/C35H42FN7O2/c1-6-31(44)43-18-17-42(20-27(43)19-37-4)33-28-13-16-41(30-12-8-11-26-10-7-9-24(2)32(26)30)21-29(28)38-34(39-33)45-22-25(3)40(5)23-35(36)14-15-35/h6-12,25,27H,1,13-23H2,2-3,5H3/t25-,27-/m0/s1. The minimum absolute atomic E-state index is 0.0204. The van der Waals surface area contributed by atoms with Crippen LogP contribution >= 0.6 is 0 Å². The Bertz CT molecular complexity index is 1630. The van der Waals surface area contributed by atoms with Crippen LogP contribution in [0.25, 0.3) is 15.6 Å². The number of alkyl halides is 1. The molecule has 3 aromatic rings. The molecule has 2 aromatic carbocycles. The van der Waals surface area contributed by atoms with Gasteiger partial charge < -0.3 is 24.3 Å². The van der Waals surface area contributed by atoms with Crippen LogP contribution in [0.5, 0.6) is 6.01 Å². The number of anilines is 2. The van der Waals surface area contributed by atoms with E-state index in [0.29, 0.717) is 58.2 Å². The summed E-state index contributed by atoms with van der Waals surface area (Å²) < 4.78 is 20.7. The van der Waals surface area contributed by atoms with Gasteiger partial charge in [-0.15, -0.1) is 0 Å². The highest BCUT2D eigenvalue weighted by molar-refractivity contribution is 5.97. The van der Waals surface area contributed by atoms with E-state index in [9.17, 15) is 9.18 Å². The summed E-state index contributed by atoms with van der Waals surface area (Å²) in [6.07, 6.45) is 3.31. The third-order valence-corrected chi connectivity index (χ3v) is 9.53. The van der Waals surface area contributed by atoms with Crippen LogP contribution in [0.4, 0.5) is 15.9 Å². The van der Waals surface area contributed by atoms with Crippen molar-refractivity contribution in [1.29, 1.82) is 0 Å². The Hall–Kier alpha value is -4.23. The molecule has 0 bridgehead atoms. The fourth-order valence-corrected chi connectivity index (χ4v) is 6.62. The van der Waals surface area contributed by atoms with Crippen molar-refractivity contribution < 1.29 is 13.9 Å². The number of piperazine rings is 1. The monoisotopic (exact) mass is 611 g/mol. The van der Waals surface area contributed by atoms with Crippen molar-refractivity contribution in [1.82, 2.24) is 19.8 Å². The topological polar surface area (TPSA) is 69.4 Å². The van der Waals surface area contributed by atoms with Crippen LogP contribution in [0.3, 0.4) is 0 Å². The smallest absolute Gasteiger partial charge is 0.318 e. The number of fused-ring (bicyclic) bond motifs is 2. The van der Waals surface area contributed by atoms with Gasteiger partial charge in [-0.2, -0.15) is 9.97 Å². The molecular weight excluding hydrogens is 569 g/mol. The highest BCUT2D eigenvalue weighted by Gasteiger charge is 2.44. The Labute approximate surface area is 265 Å². The zero-order valence-electron chi connectivity index (χ0n) is 26.5. The molecule has 2 atom stereocenters. The van der Waals surface area contributed by atoms with Crippen LogP contribution in [0, 0.1) is 13.5 Å². The lowest BCUT2D eigenvalue weighted by Gasteiger charge is -2.41. The van der Waals surface area contributed by atoms with Crippen LogP contribution in [-0.2, 0) is 17.8 Å². The van der Waals surface area contributed by atoms with Crippen molar-refractivity contribution in [3.8, 4) is 6.01 Å². The van der Waals surface area contributed by atoms with E-state index in [-0.39, 0.29) is 24.5 Å². The molecule has 10 heteroatoms. The van der Waals surface area contributed by atoms with Crippen LogP contribution < -0.4 is 14.5 Å². The summed E-state index contributed by atoms with van der Waals surface area (Å²) in [5, 5.41) is 2.46. The van der Waals surface area contributed by atoms with Crippen molar-refractivity contribution in [3.05, 3.63) is 77.3 Å². The molecule has 0 spiro atoms. The first-order valence-electron chi connectivity index (χ1n) is 15.9. The number of carbonyl (C=O) groups is 1. The van der Waals surface area contributed by atoms with Crippen molar-refractivity contribution in [2.24, 2.45) is 0 Å². The Morgan fingerprint density at radius 3 is 2.73 bits per heavy atom. The maximum absolute atomic E-state index is 14.4. The van der Waals surface area contributed by atoms with Crippen molar-refractivity contribution >= 4 is 28.2 Å². The molecule has 2 fully saturated rings. The van der Waals surface area contributed by atoms with Crippen molar-refractivity contribution in [2.75, 3.05) is 62.7 Å². The van der Waals surface area contributed by atoms with Crippen LogP contribution in [-0.4, -0.2) is 96.4 Å². The van der Waals surface area contributed by atoms with Gasteiger partial charge in [-0.25, -0.2) is 11.0 Å². The summed E-state index contributed by atoms with van der Waals surface area (Å²) in [4.78, 5) is 34.4. The number of hydrogen-bond donors (Lipinski definition) is 0. The summed E-state index contributed by atoms with van der Waals surface area (Å²) in [7, 11) is 1.93. The number of nitrogens with zero attached hydrogens (tertiary/aromatic N) is 7. The maximum atomic E-state index is 14.4. The minimum atomic E-state index is -1.07. The van der Waals surface area contributed by atoms with Crippen molar-refractivity contribution in [2.45, 2.75) is 57.4 Å². The molecule has 45 heavy (non-hydrogen) atoms. The quantitative estimate of drug-likeness (QED) is 0.241. The Kier molecular flexibility index (Phi) is 8.65. The van der Waals surface area contributed by atoms with Gasteiger partial charge in [-0.1, -0.05) is 36.9 Å². The van der Waals surface area contributed by atoms with Crippen molar-refractivity contribution in [3.63, 3.8) is 0 Å². The number of halogens is 1. The number of aromatic nitrogens is 2. The number of amides is 1. The number of carbonyl (C=O) groups excluding carboxylic acids is 1. The lowest BCUT2D eigenvalue weighted by Crippen LogP contribution is -2.56. The second-order valence-corrected chi connectivity index (χ2v) is 12.8. The number of hydrogen-bond acceptors (Lipinski definition) is 7. The average molecular weight is 612 g/mol. The lowest BCUT2D eigenvalue weighted by atomic mass is 9.99. The zero-order chi connectivity index (χ0) is 31.7. The summed E-state index contributed by atoms with van der Waals surface area (Å²) in [5.41, 5.74) is 3.35. The molecule has 0 N–H and O–H groups in total. The van der Waals surface area contributed by atoms with Gasteiger partial charge in [-0.05, 0) is 63.2 Å². The zero-order valence-corrected chi connectivity index (χ0v) is 26.5. The van der Waals surface area contributed by atoms with E-state index < -0.39 is 5.67 Å². The maximum Gasteiger partial charge on any atom is 0.318 e. The highest BCUT2D eigenvalue weighted by Crippen LogP contribution is 2.40. The second kappa shape index (κ2) is 12.6. The molecular formula is C35H42FN7O2. The van der Waals surface area contributed by atoms with Gasteiger partial charge in [0.05, 0.1) is 12.2 Å². The van der Waals surface area contributed by atoms with E-state index in [4.69, 9.17) is 21.3 Å². The Morgan fingerprint density at radius 2 is 2.00 bits per heavy atom. The number of rotatable bonds is 10. The molecule has 0 unspecified atom stereocenters. The third-order valence-electron chi connectivity index (χ3n) is 9.53. The highest BCUT2D eigenvalue weighted by atomic mass is 19.1. The molecule has 3 aliphatic rings. The first-order chi connectivity index (χ1) is 21.7. The third kappa shape index (κ3) is 6.45. The predicted molar refractivity (Wildman–Crippen MR) is 176 cm³/mol. The minimum Gasteiger partial charge on any atom is -0.462 e. The van der Waals surface area contributed by atoms with E-state index in [2.05, 4.69) is 64.5 Å². The molecule has 1 saturated heterocycles. The van der Waals surface area contributed by atoms with Crippen LogP contribution in [0.15, 0.2) is 49.1 Å². The predicted octanol–water partition coefficient (Wildman–Crippen LogP) is 4.82. The van der Waals surface area contributed by atoms with Gasteiger partial charge >= 0.3 is 6.01 Å². The van der Waals surface area contributed by atoms with E-state index in [1.807, 2.05) is 18.9 Å². The molecule has 1 amide bonds. The fourth-order valence-electron chi connectivity index (χ4n) is 6.62. The molecule has 0 radical (unpaired) electrons. The molecule has 6 rings (SSSR count).